The first kappa shape index (κ1) is 13.2. The Kier molecular flexibility index (Phi) is 4.02. The van der Waals surface area contributed by atoms with E-state index < -0.39 is 0 Å². The first-order valence-electron chi connectivity index (χ1n) is 7.25. The lowest BCUT2D eigenvalue weighted by Gasteiger charge is -2.14. The maximum absolute atomic E-state index is 12.1. The SMILES string of the molecule is O=C(NCCC1=CCNCC1)c1ccc2c(c1)CCO2. The normalized spacial score (nSPS) is 17.1. The van der Waals surface area contributed by atoms with Gasteiger partial charge in [0.05, 0.1) is 6.61 Å². The minimum atomic E-state index is 0.00855. The second-order valence-electron chi connectivity index (χ2n) is 5.24. The van der Waals surface area contributed by atoms with Crippen molar-refractivity contribution in [3.05, 3.63) is 41.0 Å². The van der Waals surface area contributed by atoms with E-state index in [4.69, 9.17) is 4.74 Å². The van der Waals surface area contributed by atoms with Crippen LogP contribution < -0.4 is 15.4 Å². The molecule has 0 bridgehead atoms. The van der Waals surface area contributed by atoms with Gasteiger partial charge in [-0.2, -0.15) is 0 Å². The molecule has 1 amide bonds. The molecule has 2 N–H and O–H groups in total. The number of hydrogen-bond acceptors (Lipinski definition) is 3. The maximum Gasteiger partial charge on any atom is 0.251 e. The number of carbonyl (C=O) groups is 1. The van der Waals surface area contributed by atoms with Gasteiger partial charge in [-0.15, -0.1) is 0 Å². The molecule has 2 heterocycles. The molecule has 106 valence electrons. The van der Waals surface area contributed by atoms with Crippen molar-refractivity contribution in [2.24, 2.45) is 0 Å². The second-order valence-corrected chi connectivity index (χ2v) is 5.24. The molecule has 0 radical (unpaired) electrons. The predicted octanol–water partition coefficient (Wildman–Crippen LogP) is 1.66. The lowest BCUT2D eigenvalue weighted by molar-refractivity contribution is 0.0954. The summed E-state index contributed by atoms with van der Waals surface area (Å²) in [5.41, 5.74) is 3.30. The average molecular weight is 272 g/mol. The van der Waals surface area contributed by atoms with Crippen molar-refractivity contribution < 1.29 is 9.53 Å². The highest BCUT2D eigenvalue weighted by Crippen LogP contribution is 2.25. The fraction of sp³-hybridized carbons (Fsp3) is 0.438. The Hall–Kier alpha value is -1.81. The van der Waals surface area contributed by atoms with Crippen LogP contribution in [0, 0.1) is 0 Å². The molecule has 1 aromatic rings. The van der Waals surface area contributed by atoms with Crippen LogP contribution in [0.3, 0.4) is 0 Å². The molecule has 0 saturated heterocycles. The number of rotatable bonds is 4. The van der Waals surface area contributed by atoms with Crippen molar-refractivity contribution in [2.75, 3.05) is 26.2 Å². The molecular formula is C16H20N2O2. The van der Waals surface area contributed by atoms with Gasteiger partial charge < -0.3 is 15.4 Å². The van der Waals surface area contributed by atoms with E-state index in [0.717, 1.165) is 55.8 Å². The summed E-state index contributed by atoms with van der Waals surface area (Å²) in [6, 6.07) is 5.68. The smallest absolute Gasteiger partial charge is 0.251 e. The van der Waals surface area contributed by atoms with E-state index in [1.807, 2.05) is 18.2 Å². The van der Waals surface area contributed by atoms with Gasteiger partial charge >= 0.3 is 0 Å². The number of ether oxygens (including phenoxy) is 1. The molecule has 2 aliphatic rings. The zero-order valence-corrected chi connectivity index (χ0v) is 11.6. The fourth-order valence-corrected chi connectivity index (χ4v) is 2.66. The van der Waals surface area contributed by atoms with E-state index in [1.165, 1.54) is 5.57 Å². The average Bonchev–Trinajstić information content (AvgIpc) is 2.95. The number of carbonyl (C=O) groups excluding carboxylic acids is 1. The minimum Gasteiger partial charge on any atom is -0.493 e. The van der Waals surface area contributed by atoms with Gasteiger partial charge in [0.25, 0.3) is 5.91 Å². The second kappa shape index (κ2) is 6.09. The van der Waals surface area contributed by atoms with Gasteiger partial charge in [-0.05, 0) is 43.1 Å². The highest BCUT2D eigenvalue weighted by atomic mass is 16.5. The molecule has 4 heteroatoms. The molecular weight excluding hydrogens is 252 g/mol. The zero-order valence-electron chi connectivity index (χ0n) is 11.6. The Balaban J connectivity index is 1.52. The number of nitrogens with one attached hydrogen (secondary N) is 2. The summed E-state index contributed by atoms with van der Waals surface area (Å²) in [6.07, 6.45) is 5.16. The van der Waals surface area contributed by atoms with Gasteiger partial charge in [-0.3, -0.25) is 4.79 Å². The van der Waals surface area contributed by atoms with Crippen LogP contribution in [-0.4, -0.2) is 32.1 Å². The van der Waals surface area contributed by atoms with E-state index in [0.29, 0.717) is 6.54 Å². The topological polar surface area (TPSA) is 50.4 Å². The summed E-state index contributed by atoms with van der Waals surface area (Å²) >= 11 is 0. The van der Waals surface area contributed by atoms with Gasteiger partial charge in [-0.1, -0.05) is 11.6 Å². The Bertz CT molecular complexity index is 537. The molecule has 0 aromatic heterocycles. The van der Waals surface area contributed by atoms with Crippen LogP contribution in [0.5, 0.6) is 5.75 Å². The van der Waals surface area contributed by atoms with E-state index in [2.05, 4.69) is 16.7 Å². The summed E-state index contributed by atoms with van der Waals surface area (Å²) in [7, 11) is 0. The number of amides is 1. The van der Waals surface area contributed by atoms with Crippen molar-refractivity contribution in [3.63, 3.8) is 0 Å². The number of hydrogen-bond donors (Lipinski definition) is 2. The van der Waals surface area contributed by atoms with Crippen molar-refractivity contribution in [3.8, 4) is 5.75 Å². The molecule has 0 spiro atoms. The Morgan fingerprint density at radius 3 is 3.15 bits per heavy atom. The summed E-state index contributed by atoms with van der Waals surface area (Å²) < 4.78 is 5.45. The third-order valence-electron chi connectivity index (χ3n) is 3.84. The summed E-state index contributed by atoms with van der Waals surface area (Å²) in [4.78, 5) is 12.1. The van der Waals surface area contributed by atoms with Crippen LogP contribution in [-0.2, 0) is 6.42 Å². The van der Waals surface area contributed by atoms with Crippen LogP contribution in [0.25, 0.3) is 0 Å². The Labute approximate surface area is 119 Å². The van der Waals surface area contributed by atoms with E-state index in [-0.39, 0.29) is 5.91 Å². The third-order valence-corrected chi connectivity index (χ3v) is 3.84. The van der Waals surface area contributed by atoms with Gasteiger partial charge in [-0.25, -0.2) is 0 Å². The summed E-state index contributed by atoms with van der Waals surface area (Å²) in [6.45, 7) is 3.43. The van der Waals surface area contributed by atoms with Gasteiger partial charge in [0.2, 0.25) is 0 Å². The van der Waals surface area contributed by atoms with Crippen molar-refractivity contribution >= 4 is 5.91 Å². The Morgan fingerprint density at radius 2 is 2.30 bits per heavy atom. The van der Waals surface area contributed by atoms with Gasteiger partial charge in [0.1, 0.15) is 5.75 Å². The molecule has 0 saturated carbocycles. The monoisotopic (exact) mass is 272 g/mol. The largest absolute Gasteiger partial charge is 0.493 e. The van der Waals surface area contributed by atoms with E-state index in [9.17, 15) is 4.79 Å². The van der Waals surface area contributed by atoms with Gasteiger partial charge in [0.15, 0.2) is 0 Å². The number of fused-ring (bicyclic) bond motifs is 1. The molecule has 3 rings (SSSR count). The van der Waals surface area contributed by atoms with E-state index >= 15 is 0 Å². The van der Waals surface area contributed by atoms with Gasteiger partial charge in [0, 0.05) is 25.1 Å². The molecule has 0 unspecified atom stereocenters. The fourth-order valence-electron chi connectivity index (χ4n) is 2.66. The predicted molar refractivity (Wildman–Crippen MR) is 78.2 cm³/mol. The Morgan fingerprint density at radius 1 is 1.35 bits per heavy atom. The molecule has 0 aliphatic carbocycles. The lowest BCUT2D eigenvalue weighted by atomic mass is 10.1. The first-order valence-corrected chi connectivity index (χ1v) is 7.25. The number of benzene rings is 1. The molecule has 1 aromatic carbocycles. The van der Waals surface area contributed by atoms with Crippen molar-refractivity contribution in [2.45, 2.75) is 19.3 Å². The maximum atomic E-state index is 12.1. The zero-order chi connectivity index (χ0) is 13.8. The summed E-state index contributed by atoms with van der Waals surface area (Å²) in [5, 5.41) is 6.28. The standard InChI is InChI=1S/C16H20N2O2/c19-16(18-9-5-12-3-7-17-8-4-12)14-1-2-15-13(11-14)6-10-20-15/h1-3,11,17H,4-10H2,(H,18,19). The molecule has 4 nitrogen and oxygen atoms in total. The van der Waals surface area contributed by atoms with Crippen LogP contribution in [0.2, 0.25) is 0 Å². The van der Waals surface area contributed by atoms with Crippen LogP contribution in [0.1, 0.15) is 28.8 Å². The van der Waals surface area contributed by atoms with Crippen LogP contribution >= 0.6 is 0 Å². The molecule has 0 fully saturated rings. The third kappa shape index (κ3) is 3.02. The minimum absolute atomic E-state index is 0.00855. The first-order chi connectivity index (χ1) is 9.83. The van der Waals surface area contributed by atoms with E-state index in [1.54, 1.807) is 0 Å². The highest BCUT2D eigenvalue weighted by Gasteiger charge is 2.14. The summed E-state index contributed by atoms with van der Waals surface area (Å²) in [5.74, 6) is 0.927. The molecule has 2 aliphatic heterocycles. The lowest BCUT2D eigenvalue weighted by Crippen LogP contribution is -2.26. The van der Waals surface area contributed by atoms with Crippen molar-refractivity contribution in [1.29, 1.82) is 0 Å². The molecule has 20 heavy (non-hydrogen) atoms. The molecule has 0 atom stereocenters. The van der Waals surface area contributed by atoms with Crippen molar-refractivity contribution in [1.82, 2.24) is 10.6 Å². The quantitative estimate of drug-likeness (QED) is 0.820. The van der Waals surface area contributed by atoms with Crippen LogP contribution in [0.15, 0.2) is 29.8 Å². The van der Waals surface area contributed by atoms with Crippen LogP contribution in [0.4, 0.5) is 0 Å². The highest BCUT2D eigenvalue weighted by molar-refractivity contribution is 5.94.